The molecule has 2 aliphatic carbocycles. The van der Waals surface area contributed by atoms with Gasteiger partial charge in [0.25, 0.3) is 0 Å². The predicted molar refractivity (Wildman–Crippen MR) is 177 cm³/mol. The van der Waals surface area contributed by atoms with Crippen molar-refractivity contribution in [3.63, 3.8) is 0 Å². The predicted octanol–water partition coefficient (Wildman–Crippen LogP) is 8.71. The van der Waals surface area contributed by atoms with Crippen LogP contribution in [0.4, 0.5) is 0 Å². The zero-order valence-corrected chi connectivity index (χ0v) is 27.9. The van der Waals surface area contributed by atoms with Crippen molar-refractivity contribution in [1.82, 2.24) is 0 Å². The van der Waals surface area contributed by atoms with Crippen LogP contribution in [0.3, 0.4) is 0 Å². The lowest BCUT2D eigenvalue weighted by molar-refractivity contribution is -0.204. The SMILES string of the molecule is C=C(C)CCC(CC12CC(CC=C(C)C)C(C)(C)C(CC=C(C)C)(C(=O)C(C(=O)c3ccc(O)c(O)c3)=C1O)C2O)C(=C)C. The fourth-order valence-corrected chi connectivity index (χ4v) is 7.50. The van der Waals surface area contributed by atoms with E-state index in [0.717, 1.165) is 34.8 Å². The second-order valence-corrected chi connectivity index (χ2v) is 14.5. The molecular weight excluding hydrogens is 552 g/mol. The Balaban J connectivity index is 2.43. The Labute approximate surface area is 263 Å². The van der Waals surface area contributed by atoms with Crippen LogP contribution in [-0.2, 0) is 4.79 Å². The second kappa shape index (κ2) is 12.9. The minimum Gasteiger partial charge on any atom is -0.511 e. The topological polar surface area (TPSA) is 115 Å². The molecule has 240 valence electrons. The number of aromatic hydroxyl groups is 2. The molecule has 1 fully saturated rings. The fourth-order valence-electron chi connectivity index (χ4n) is 7.50. The molecule has 2 bridgehead atoms. The minimum atomic E-state index is -1.42. The van der Waals surface area contributed by atoms with Gasteiger partial charge in [-0.1, -0.05) is 54.9 Å². The Kier molecular flexibility index (Phi) is 10.3. The zero-order chi connectivity index (χ0) is 33.4. The number of phenols is 2. The van der Waals surface area contributed by atoms with E-state index in [0.29, 0.717) is 25.7 Å². The van der Waals surface area contributed by atoms with Crippen molar-refractivity contribution in [2.24, 2.45) is 28.1 Å². The maximum Gasteiger partial charge on any atom is 0.200 e. The van der Waals surface area contributed by atoms with Crippen LogP contribution in [-0.4, -0.2) is 38.1 Å². The van der Waals surface area contributed by atoms with E-state index in [1.807, 2.05) is 61.5 Å². The number of ketones is 2. The number of allylic oxidation sites excluding steroid dienone is 7. The number of benzene rings is 1. The van der Waals surface area contributed by atoms with Crippen LogP contribution < -0.4 is 0 Å². The number of aliphatic hydroxyl groups is 2. The second-order valence-electron chi connectivity index (χ2n) is 14.5. The number of rotatable bonds is 12. The summed E-state index contributed by atoms with van der Waals surface area (Å²) < 4.78 is 0. The molecule has 0 radical (unpaired) electrons. The van der Waals surface area contributed by atoms with Crippen molar-refractivity contribution < 1.29 is 30.0 Å². The first-order valence-corrected chi connectivity index (χ1v) is 15.6. The van der Waals surface area contributed by atoms with Crippen LogP contribution >= 0.6 is 0 Å². The molecule has 0 heterocycles. The van der Waals surface area contributed by atoms with Gasteiger partial charge in [-0.2, -0.15) is 0 Å². The molecule has 0 spiro atoms. The lowest BCUT2D eigenvalue weighted by Gasteiger charge is -2.65. The molecular formula is C38H52O6. The third kappa shape index (κ3) is 6.10. The van der Waals surface area contributed by atoms with Crippen molar-refractivity contribution in [2.45, 2.75) is 100 Å². The van der Waals surface area contributed by atoms with Gasteiger partial charge in [0.05, 0.1) is 16.9 Å². The number of Topliss-reactive ketones (excluding diaryl/α,β-unsaturated/α-hetero) is 2. The highest BCUT2D eigenvalue weighted by Gasteiger charge is 2.72. The Hall–Kier alpha value is -3.38. The molecule has 0 aromatic heterocycles. The van der Waals surface area contributed by atoms with Gasteiger partial charge in [-0.25, -0.2) is 0 Å². The fraction of sp³-hybridized carbons (Fsp3) is 0.526. The standard InChI is InChI=1S/C38H52O6/c1-22(2)11-13-27(25(7)8)20-37-21-28(15-12-23(3)4)36(9,10)38(35(37)44,18-17-24(5)6)34(43)31(33(37)42)32(41)26-14-16-29(39)30(40)19-26/h12,14,16-17,19,27-28,35,39-40,42,44H,1,7,11,13,15,18,20-21H2,2-6,8-10H3. The van der Waals surface area contributed by atoms with E-state index in [9.17, 15) is 30.0 Å². The number of hydrogen-bond donors (Lipinski definition) is 4. The van der Waals surface area contributed by atoms with E-state index in [-0.39, 0.29) is 35.2 Å². The molecule has 6 nitrogen and oxygen atoms in total. The molecule has 1 aromatic rings. The van der Waals surface area contributed by atoms with Gasteiger partial charge in [0.1, 0.15) is 11.3 Å². The number of hydrogen-bond acceptors (Lipinski definition) is 6. The number of carbonyl (C=O) groups excluding carboxylic acids is 2. The van der Waals surface area contributed by atoms with Gasteiger partial charge in [0.15, 0.2) is 23.1 Å². The highest BCUT2D eigenvalue weighted by Crippen LogP contribution is 2.69. The van der Waals surface area contributed by atoms with E-state index in [4.69, 9.17) is 0 Å². The Bertz CT molecular complexity index is 1430. The van der Waals surface area contributed by atoms with E-state index >= 15 is 0 Å². The molecule has 4 N–H and O–H groups in total. The summed E-state index contributed by atoms with van der Waals surface area (Å²) in [6.45, 7) is 24.2. The molecule has 2 aliphatic rings. The molecule has 0 saturated heterocycles. The largest absolute Gasteiger partial charge is 0.511 e. The maximum absolute atomic E-state index is 14.9. The van der Waals surface area contributed by atoms with Gasteiger partial charge in [-0.05, 0) is 116 Å². The molecule has 1 aromatic carbocycles. The van der Waals surface area contributed by atoms with Crippen LogP contribution in [0.15, 0.2) is 77.1 Å². The van der Waals surface area contributed by atoms with Crippen molar-refractivity contribution in [2.75, 3.05) is 0 Å². The molecule has 5 atom stereocenters. The van der Waals surface area contributed by atoms with Crippen LogP contribution in [0.5, 0.6) is 11.5 Å². The van der Waals surface area contributed by atoms with Crippen LogP contribution in [0.1, 0.15) is 104 Å². The maximum atomic E-state index is 14.9. The molecule has 5 unspecified atom stereocenters. The van der Waals surface area contributed by atoms with Gasteiger partial charge in [0, 0.05) is 5.56 Å². The third-order valence-corrected chi connectivity index (χ3v) is 10.4. The highest BCUT2D eigenvalue weighted by atomic mass is 16.3. The number of aliphatic hydroxyl groups excluding tert-OH is 2. The Morgan fingerprint density at radius 1 is 1.00 bits per heavy atom. The van der Waals surface area contributed by atoms with E-state index in [1.165, 1.54) is 12.1 Å². The lowest BCUT2D eigenvalue weighted by atomic mass is 9.38. The van der Waals surface area contributed by atoms with Crippen molar-refractivity contribution >= 4 is 11.6 Å². The van der Waals surface area contributed by atoms with Crippen LogP contribution in [0.25, 0.3) is 0 Å². The first-order valence-electron chi connectivity index (χ1n) is 15.6. The third-order valence-electron chi connectivity index (χ3n) is 10.4. The highest BCUT2D eigenvalue weighted by molar-refractivity contribution is 6.29. The van der Waals surface area contributed by atoms with Gasteiger partial charge >= 0.3 is 0 Å². The van der Waals surface area contributed by atoms with Crippen molar-refractivity contribution in [1.29, 1.82) is 0 Å². The van der Waals surface area contributed by atoms with Gasteiger partial charge in [0.2, 0.25) is 0 Å². The average Bonchev–Trinajstić information content (AvgIpc) is 2.91. The first kappa shape index (κ1) is 35.1. The van der Waals surface area contributed by atoms with Crippen molar-refractivity contribution in [3.8, 4) is 11.5 Å². The summed E-state index contributed by atoms with van der Waals surface area (Å²) in [6.07, 6.45) is 5.80. The van der Waals surface area contributed by atoms with Gasteiger partial charge in [-0.3, -0.25) is 9.59 Å². The molecule has 0 aliphatic heterocycles. The van der Waals surface area contributed by atoms with Gasteiger partial charge in [-0.15, -0.1) is 6.58 Å². The summed E-state index contributed by atoms with van der Waals surface area (Å²) in [7, 11) is 0. The van der Waals surface area contributed by atoms with E-state index in [1.54, 1.807) is 0 Å². The minimum absolute atomic E-state index is 0.0326. The normalized spacial score (nSPS) is 26.5. The molecule has 6 heteroatoms. The summed E-state index contributed by atoms with van der Waals surface area (Å²) in [5.74, 6) is -2.83. The lowest BCUT2D eigenvalue weighted by Crippen LogP contribution is -2.69. The number of phenolic OH excluding ortho intramolecular Hbond substituents is 2. The zero-order valence-electron chi connectivity index (χ0n) is 27.9. The Morgan fingerprint density at radius 2 is 1.61 bits per heavy atom. The molecule has 1 saturated carbocycles. The summed E-state index contributed by atoms with van der Waals surface area (Å²) >= 11 is 0. The summed E-state index contributed by atoms with van der Waals surface area (Å²) in [5.41, 5.74) is 0.142. The monoisotopic (exact) mass is 604 g/mol. The summed E-state index contributed by atoms with van der Waals surface area (Å²) in [6, 6.07) is 3.62. The van der Waals surface area contributed by atoms with Crippen molar-refractivity contribution in [3.05, 3.63) is 82.7 Å². The molecule has 0 amide bonds. The van der Waals surface area contributed by atoms with Crippen LogP contribution in [0.2, 0.25) is 0 Å². The van der Waals surface area contributed by atoms with E-state index < -0.39 is 45.4 Å². The number of carbonyl (C=O) groups is 2. The van der Waals surface area contributed by atoms with Gasteiger partial charge < -0.3 is 20.4 Å². The quantitative estimate of drug-likeness (QED) is 0.0821. The first-order chi connectivity index (χ1) is 20.3. The number of fused-ring (bicyclic) bond motifs is 2. The molecule has 44 heavy (non-hydrogen) atoms. The summed E-state index contributed by atoms with van der Waals surface area (Å²) in [5, 5.41) is 45.0. The smallest absolute Gasteiger partial charge is 0.200 e. The Morgan fingerprint density at radius 3 is 2.14 bits per heavy atom. The average molecular weight is 605 g/mol. The van der Waals surface area contributed by atoms with E-state index in [2.05, 4.69) is 19.2 Å². The summed E-state index contributed by atoms with van der Waals surface area (Å²) in [4.78, 5) is 29.2. The molecule has 3 rings (SSSR count). The van der Waals surface area contributed by atoms with Crippen LogP contribution in [0, 0.1) is 28.1 Å².